The molecule has 2 aromatic rings. The molecule has 84 valence electrons. The first-order valence-corrected chi connectivity index (χ1v) is 5.90. The lowest BCUT2D eigenvalue weighted by molar-refractivity contribution is 0.297. The molecule has 0 aliphatic carbocycles. The van der Waals surface area contributed by atoms with E-state index >= 15 is 0 Å². The second-order valence-corrected chi connectivity index (χ2v) is 3.95. The lowest BCUT2D eigenvalue weighted by atomic mass is 10.1. The van der Waals surface area contributed by atoms with Crippen LogP contribution in [0.15, 0.2) is 36.5 Å². The van der Waals surface area contributed by atoms with Crippen LogP contribution in [-0.2, 0) is 6.54 Å². The van der Waals surface area contributed by atoms with E-state index in [0.717, 1.165) is 25.2 Å². The van der Waals surface area contributed by atoms with Crippen molar-refractivity contribution in [2.75, 3.05) is 13.1 Å². The normalized spacial score (nSPS) is 11.2. The van der Waals surface area contributed by atoms with Gasteiger partial charge in [0.1, 0.15) is 0 Å². The highest BCUT2D eigenvalue weighted by Gasteiger charge is 2.05. The minimum absolute atomic E-state index is 0.987. The standard InChI is InChI=1S/C14H18N2/c1-3-16(4-2)11-13-8-5-7-12-9-6-10-15-14(12)13/h5-10H,3-4,11H2,1-2H3. The van der Waals surface area contributed by atoms with Gasteiger partial charge in [0.2, 0.25) is 0 Å². The number of hydrogen-bond donors (Lipinski definition) is 0. The van der Waals surface area contributed by atoms with Gasteiger partial charge in [-0.25, -0.2) is 0 Å². The Hall–Kier alpha value is -1.41. The number of pyridine rings is 1. The van der Waals surface area contributed by atoms with Gasteiger partial charge in [-0.3, -0.25) is 9.88 Å². The molecule has 0 bridgehead atoms. The predicted molar refractivity (Wildman–Crippen MR) is 68.4 cm³/mol. The minimum Gasteiger partial charge on any atom is -0.300 e. The Morgan fingerprint density at radius 3 is 2.56 bits per heavy atom. The van der Waals surface area contributed by atoms with Crippen LogP contribution in [0.25, 0.3) is 10.9 Å². The van der Waals surface area contributed by atoms with Crippen LogP contribution in [0.1, 0.15) is 19.4 Å². The Labute approximate surface area is 96.9 Å². The number of aromatic nitrogens is 1. The first-order chi connectivity index (χ1) is 7.85. The summed E-state index contributed by atoms with van der Waals surface area (Å²) in [5.74, 6) is 0. The lowest BCUT2D eigenvalue weighted by Gasteiger charge is -2.18. The van der Waals surface area contributed by atoms with Crippen LogP contribution in [-0.4, -0.2) is 23.0 Å². The summed E-state index contributed by atoms with van der Waals surface area (Å²) in [6.07, 6.45) is 1.87. The summed E-state index contributed by atoms with van der Waals surface area (Å²) >= 11 is 0. The van der Waals surface area contributed by atoms with Crippen LogP contribution >= 0.6 is 0 Å². The van der Waals surface area contributed by atoms with Gasteiger partial charge in [-0.2, -0.15) is 0 Å². The topological polar surface area (TPSA) is 16.1 Å². The van der Waals surface area contributed by atoms with E-state index in [4.69, 9.17) is 0 Å². The molecule has 0 amide bonds. The monoisotopic (exact) mass is 214 g/mol. The van der Waals surface area contributed by atoms with Crippen molar-refractivity contribution in [2.45, 2.75) is 20.4 Å². The molecule has 2 rings (SSSR count). The Kier molecular flexibility index (Phi) is 3.52. The number of para-hydroxylation sites is 1. The van der Waals surface area contributed by atoms with E-state index in [0.29, 0.717) is 0 Å². The fourth-order valence-electron chi connectivity index (χ4n) is 1.98. The molecular weight excluding hydrogens is 196 g/mol. The molecule has 1 heterocycles. The first kappa shape index (κ1) is 11.1. The zero-order chi connectivity index (χ0) is 11.4. The van der Waals surface area contributed by atoms with Crippen molar-refractivity contribution >= 4 is 10.9 Å². The number of fused-ring (bicyclic) bond motifs is 1. The van der Waals surface area contributed by atoms with E-state index in [1.54, 1.807) is 0 Å². The highest BCUT2D eigenvalue weighted by molar-refractivity contribution is 5.81. The number of nitrogens with zero attached hydrogens (tertiary/aromatic N) is 2. The van der Waals surface area contributed by atoms with Crippen molar-refractivity contribution in [1.82, 2.24) is 9.88 Å². The van der Waals surface area contributed by atoms with Gasteiger partial charge in [-0.1, -0.05) is 38.1 Å². The number of rotatable bonds is 4. The molecular formula is C14H18N2. The van der Waals surface area contributed by atoms with Crippen molar-refractivity contribution < 1.29 is 0 Å². The second kappa shape index (κ2) is 5.08. The maximum Gasteiger partial charge on any atom is 0.0746 e. The lowest BCUT2D eigenvalue weighted by Crippen LogP contribution is -2.22. The molecule has 0 atom stereocenters. The van der Waals surface area contributed by atoms with Crippen LogP contribution < -0.4 is 0 Å². The Morgan fingerprint density at radius 1 is 1.06 bits per heavy atom. The van der Waals surface area contributed by atoms with Crippen molar-refractivity contribution in [2.24, 2.45) is 0 Å². The van der Waals surface area contributed by atoms with Crippen LogP contribution in [0, 0.1) is 0 Å². The quantitative estimate of drug-likeness (QED) is 0.777. The maximum absolute atomic E-state index is 4.48. The molecule has 2 nitrogen and oxygen atoms in total. The van der Waals surface area contributed by atoms with Crippen molar-refractivity contribution in [1.29, 1.82) is 0 Å². The van der Waals surface area contributed by atoms with Crippen molar-refractivity contribution in [3.63, 3.8) is 0 Å². The summed E-state index contributed by atoms with van der Waals surface area (Å²) in [5, 5.41) is 1.23. The largest absolute Gasteiger partial charge is 0.300 e. The van der Waals surface area contributed by atoms with Gasteiger partial charge < -0.3 is 0 Å². The van der Waals surface area contributed by atoms with Crippen LogP contribution in [0.5, 0.6) is 0 Å². The van der Waals surface area contributed by atoms with Crippen LogP contribution in [0.2, 0.25) is 0 Å². The maximum atomic E-state index is 4.48. The van der Waals surface area contributed by atoms with E-state index in [-0.39, 0.29) is 0 Å². The zero-order valence-corrected chi connectivity index (χ0v) is 9.98. The van der Waals surface area contributed by atoms with Crippen molar-refractivity contribution in [3.8, 4) is 0 Å². The highest BCUT2D eigenvalue weighted by atomic mass is 15.1. The van der Waals surface area contributed by atoms with Gasteiger partial charge in [0.15, 0.2) is 0 Å². The number of benzene rings is 1. The summed E-state index contributed by atoms with van der Waals surface area (Å²) in [6.45, 7) is 7.55. The smallest absolute Gasteiger partial charge is 0.0746 e. The molecule has 0 aliphatic heterocycles. The molecule has 0 N–H and O–H groups in total. The fraction of sp³-hybridized carbons (Fsp3) is 0.357. The third-order valence-corrected chi connectivity index (χ3v) is 3.00. The van der Waals surface area contributed by atoms with E-state index in [9.17, 15) is 0 Å². The highest BCUT2D eigenvalue weighted by Crippen LogP contribution is 2.17. The molecule has 0 unspecified atom stereocenters. The SMILES string of the molecule is CCN(CC)Cc1cccc2cccnc12. The van der Waals surface area contributed by atoms with Gasteiger partial charge in [-0.05, 0) is 24.7 Å². The Balaban J connectivity index is 2.36. The molecule has 0 saturated heterocycles. The predicted octanol–water partition coefficient (Wildman–Crippen LogP) is 3.08. The molecule has 1 aromatic heterocycles. The summed E-state index contributed by atoms with van der Waals surface area (Å²) < 4.78 is 0. The first-order valence-electron chi connectivity index (χ1n) is 5.90. The van der Waals surface area contributed by atoms with E-state index < -0.39 is 0 Å². The fourth-order valence-corrected chi connectivity index (χ4v) is 1.98. The van der Waals surface area contributed by atoms with Gasteiger partial charge in [-0.15, -0.1) is 0 Å². The zero-order valence-electron chi connectivity index (χ0n) is 9.98. The summed E-state index contributed by atoms with van der Waals surface area (Å²) in [7, 11) is 0. The molecule has 0 aliphatic rings. The van der Waals surface area contributed by atoms with Gasteiger partial charge in [0.05, 0.1) is 5.52 Å². The van der Waals surface area contributed by atoms with Gasteiger partial charge in [0.25, 0.3) is 0 Å². The van der Waals surface area contributed by atoms with Gasteiger partial charge >= 0.3 is 0 Å². The second-order valence-electron chi connectivity index (χ2n) is 3.95. The van der Waals surface area contributed by atoms with Gasteiger partial charge in [0, 0.05) is 18.1 Å². The molecule has 2 heteroatoms. The van der Waals surface area contributed by atoms with E-state index in [2.05, 4.69) is 48.0 Å². The average molecular weight is 214 g/mol. The summed E-state index contributed by atoms with van der Waals surface area (Å²) in [4.78, 5) is 6.88. The third kappa shape index (κ3) is 2.22. The Bertz CT molecular complexity index is 456. The molecule has 0 fully saturated rings. The molecule has 0 radical (unpaired) electrons. The molecule has 1 aromatic carbocycles. The Morgan fingerprint density at radius 2 is 1.81 bits per heavy atom. The molecule has 0 saturated carbocycles. The summed E-state index contributed by atoms with van der Waals surface area (Å²) in [5.41, 5.74) is 2.46. The molecule has 0 spiro atoms. The van der Waals surface area contributed by atoms with Crippen LogP contribution in [0.3, 0.4) is 0 Å². The van der Waals surface area contributed by atoms with Crippen molar-refractivity contribution in [3.05, 3.63) is 42.1 Å². The molecule has 16 heavy (non-hydrogen) atoms. The minimum atomic E-state index is 0.987. The van der Waals surface area contributed by atoms with E-state index in [1.807, 2.05) is 12.3 Å². The number of hydrogen-bond acceptors (Lipinski definition) is 2. The average Bonchev–Trinajstić information content (AvgIpc) is 2.36. The van der Waals surface area contributed by atoms with E-state index in [1.165, 1.54) is 10.9 Å². The van der Waals surface area contributed by atoms with Crippen LogP contribution in [0.4, 0.5) is 0 Å². The third-order valence-electron chi connectivity index (χ3n) is 3.00. The summed E-state index contributed by atoms with van der Waals surface area (Å²) in [6, 6.07) is 10.5.